The van der Waals surface area contributed by atoms with Gasteiger partial charge in [-0.2, -0.15) is 0 Å². The average Bonchev–Trinajstić information content (AvgIpc) is 2.62. The van der Waals surface area contributed by atoms with Crippen molar-refractivity contribution in [1.29, 1.82) is 0 Å². The van der Waals surface area contributed by atoms with Crippen LogP contribution in [0.25, 0.3) is 0 Å². The first-order valence-electron chi connectivity index (χ1n) is 7.94. The van der Waals surface area contributed by atoms with Crippen LogP contribution in [0.2, 0.25) is 0 Å². The Balaban J connectivity index is 1.72. The predicted octanol–water partition coefficient (Wildman–Crippen LogP) is 3.46. The molecule has 2 N–H and O–H groups in total. The zero-order valence-electron chi connectivity index (χ0n) is 13.8. The molecule has 0 spiro atoms. The van der Waals surface area contributed by atoms with Gasteiger partial charge in [0.25, 0.3) is 0 Å². The summed E-state index contributed by atoms with van der Waals surface area (Å²) in [7, 11) is 3.31. The number of nitrogens with zero attached hydrogens (tertiary/aromatic N) is 1. The minimum atomic E-state index is 0.189. The van der Waals surface area contributed by atoms with Crippen LogP contribution in [0.1, 0.15) is 30.0 Å². The Kier molecular flexibility index (Phi) is 5.15. The zero-order valence-corrected chi connectivity index (χ0v) is 14.7. The fourth-order valence-corrected chi connectivity index (χ4v) is 3.26. The van der Waals surface area contributed by atoms with E-state index in [0.29, 0.717) is 16.7 Å². The number of fused-ring (bicyclic) bond motifs is 1. The molecule has 0 unspecified atom stereocenters. The Labute approximate surface area is 147 Å². The molecule has 0 bridgehead atoms. The van der Waals surface area contributed by atoms with Crippen molar-refractivity contribution in [2.45, 2.75) is 25.3 Å². The smallest absolute Gasteiger partial charge is 0.174 e. The van der Waals surface area contributed by atoms with Gasteiger partial charge in [0.05, 0.1) is 20.3 Å². The maximum atomic E-state index is 5.46. The summed E-state index contributed by atoms with van der Waals surface area (Å²) < 4.78 is 10.6. The van der Waals surface area contributed by atoms with Crippen molar-refractivity contribution in [3.63, 3.8) is 0 Å². The highest BCUT2D eigenvalue weighted by Gasteiger charge is 2.21. The lowest BCUT2D eigenvalue weighted by Crippen LogP contribution is -2.34. The summed E-state index contributed by atoms with van der Waals surface area (Å²) in [6, 6.07) is 10.1. The van der Waals surface area contributed by atoms with Crippen LogP contribution < -0.4 is 20.1 Å². The first-order valence-corrected chi connectivity index (χ1v) is 8.35. The quantitative estimate of drug-likeness (QED) is 0.829. The number of ether oxygens (including phenoxy) is 2. The number of rotatable bonds is 4. The molecule has 1 aromatic heterocycles. The van der Waals surface area contributed by atoms with Crippen molar-refractivity contribution < 1.29 is 9.47 Å². The number of aromatic nitrogens is 1. The number of pyridine rings is 1. The number of benzene rings is 1. The van der Waals surface area contributed by atoms with Crippen molar-refractivity contribution in [3.05, 3.63) is 47.7 Å². The van der Waals surface area contributed by atoms with Gasteiger partial charge in [0, 0.05) is 6.20 Å². The normalized spacial score (nSPS) is 16.0. The predicted molar refractivity (Wildman–Crippen MR) is 98.8 cm³/mol. The second-order valence-corrected chi connectivity index (χ2v) is 6.07. The molecule has 24 heavy (non-hydrogen) atoms. The second-order valence-electron chi connectivity index (χ2n) is 5.66. The molecule has 0 saturated heterocycles. The summed E-state index contributed by atoms with van der Waals surface area (Å²) in [4.78, 5) is 4.27. The summed E-state index contributed by atoms with van der Waals surface area (Å²) in [6.45, 7) is 0. The van der Waals surface area contributed by atoms with E-state index in [0.717, 1.165) is 25.0 Å². The molecule has 2 aromatic rings. The zero-order chi connectivity index (χ0) is 16.9. The Morgan fingerprint density at radius 2 is 2.12 bits per heavy atom. The van der Waals surface area contributed by atoms with E-state index < -0.39 is 0 Å². The lowest BCUT2D eigenvalue weighted by molar-refractivity contribution is 0.412. The Morgan fingerprint density at radius 3 is 2.92 bits per heavy atom. The van der Waals surface area contributed by atoms with Crippen molar-refractivity contribution in [2.75, 3.05) is 19.5 Å². The van der Waals surface area contributed by atoms with Crippen LogP contribution in [0.5, 0.6) is 11.5 Å². The number of methoxy groups -OCH3 is 2. The van der Waals surface area contributed by atoms with E-state index >= 15 is 0 Å². The Hall–Kier alpha value is -2.34. The number of hydrogen-bond donors (Lipinski definition) is 2. The molecule has 0 saturated carbocycles. The van der Waals surface area contributed by atoms with Gasteiger partial charge in [-0.25, -0.2) is 4.98 Å². The second kappa shape index (κ2) is 7.49. The molecule has 6 heteroatoms. The molecule has 0 radical (unpaired) electrons. The summed E-state index contributed by atoms with van der Waals surface area (Å²) >= 11 is 5.46. The fraction of sp³-hybridized carbons (Fsp3) is 0.333. The standard InChI is InChI=1S/C18H21N3O2S/c1-22-13-8-9-14-12(11-13)5-3-6-15(14)20-18(24)21-17-16(23-2)7-4-10-19-17/h4,7-11,15H,3,5-6H2,1-2H3,(H2,19,20,21,24)/t15-/m0/s1. The minimum absolute atomic E-state index is 0.189. The third kappa shape index (κ3) is 3.59. The average molecular weight is 343 g/mol. The topological polar surface area (TPSA) is 55.4 Å². The summed E-state index contributed by atoms with van der Waals surface area (Å²) in [5, 5.41) is 7.06. The van der Waals surface area contributed by atoms with Crippen molar-refractivity contribution in [1.82, 2.24) is 10.3 Å². The van der Waals surface area contributed by atoms with E-state index in [1.807, 2.05) is 18.2 Å². The van der Waals surface area contributed by atoms with Crippen molar-refractivity contribution in [2.24, 2.45) is 0 Å². The number of thiocarbonyl (C=S) groups is 1. The van der Waals surface area contributed by atoms with E-state index in [1.165, 1.54) is 11.1 Å². The van der Waals surface area contributed by atoms with Gasteiger partial charge >= 0.3 is 0 Å². The van der Waals surface area contributed by atoms with Crippen LogP contribution in [0, 0.1) is 0 Å². The molecule has 1 aromatic carbocycles. The lowest BCUT2D eigenvalue weighted by atomic mass is 9.87. The minimum Gasteiger partial charge on any atom is -0.497 e. The van der Waals surface area contributed by atoms with Gasteiger partial charge in [-0.15, -0.1) is 0 Å². The molecule has 3 rings (SSSR count). The van der Waals surface area contributed by atoms with Crippen LogP contribution >= 0.6 is 12.2 Å². The maximum absolute atomic E-state index is 5.46. The van der Waals surface area contributed by atoms with Gasteiger partial charge in [0.2, 0.25) is 0 Å². The fourth-order valence-electron chi connectivity index (χ4n) is 3.02. The number of nitrogens with one attached hydrogen (secondary N) is 2. The highest BCUT2D eigenvalue weighted by molar-refractivity contribution is 7.80. The van der Waals surface area contributed by atoms with E-state index in [4.69, 9.17) is 21.7 Å². The van der Waals surface area contributed by atoms with Gasteiger partial charge in [-0.1, -0.05) is 6.07 Å². The highest BCUT2D eigenvalue weighted by Crippen LogP contribution is 2.32. The SMILES string of the molecule is COc1ccc2c(c1)CCC[C@@H]2NC(=S)Nc1ncccc1OC. The van der Waals surface area contributed by atoms with E-state index in [2.05, 4.69) is 27.8 Å². The molecule has 0 fully saturated rings. The number of hydrogen-bond acceptors (Lipinski definition) is 4. The molecular weight excluding hydrogens is 322 g/mol. The number of aryl methyl sites for hydroxylation is 1. The molecule has 1 heterocycles. The third-order valence-corrected chi connectivity index (χ3v) is 4.41. The molecule has 5 nitrogen and oxygen atoms in total. The van der Waals surface area contributed by atoms with Crippen molar-refractivity contribution >= 4 is 23.1 Å². The van der Waals surface area contributed by atoms with Gasteiger partial charge in [0.15, 0.2) is 16.7 Å². The van der Waals surface area contributed by atoms with Gasteiger partial charge < -0.3 is 20.1 Å². The van der Waals surface area contributed by atoms with Crippen LogP contribution in [0.15, 0.2) is 36.5 Å². The molecule has 1 aliphatic rings. The van der Waals surface area contributed by atoms with E-state index in [9.17, 15) is 0 Å². The highest BCUT2D eigenvalue weighted by atomic mass is 32.1. The maximum Gasteiger partial charge on any atom is 0.174 e. The van der Waals surface area contributed by atoms with Gasteiger partial charge in [-0.3, -0.25) is 0 Å². The Morgan fingerprint density at radius 1 is 1.25 bits per heavy atom. The molecular formula is C18H21N3O2S. The van der Waals surface area contributed by atoms with Crippen LogP contribution in [-0.4, -0.2) is 24.3 Å². The largest absolute Gasteiger partial charge is 0.497 e. The molecule has 0 aliphatic heterocycles. The molecule has 1 aliphatic carbocycles. The van der Waals surface area contributed by atoms with E-state index in [1.54, 1.807) is 20.4 Å². The van der Waals surface area contributed by atoms with Crippen LogP contribution in [0.4, 0.5) is 5.82 Å². The summed E-state index contributed by atoms with van der Waals surface area (Å²) in [5.41, 5.74) is 2.59. The Bertz CT molecular complexity index is 736. The van der Waals surface area contributed by atoms with Gasteiger partial charge in [-0.05, 0) is 66.9 Å². The van der Waals surface area contributed by atoms with E-state index in [-0.39, 0.29) is 6.04 Å². The van der Waals surface area contributed by atoms with Crippen LogP contribution in [0.3, 0.4) is 0 Å². The summed E-state index contributed by atoms with van der Waals surface area (Å²) in [6.07, 6.45) is 4.93. The van der Waals surface area contributed by atoms with Crippen LogP contribution in [-0.2, 0) is 6.42 Å². The molecule has 126 valence electrons. The first-order chi connectivity index (χ1) is 11.7. The monoisotopic (exact) mass is 343 g/mol. The molecule has 0 amide bonds. The lowest BCUT2D eigenvalue weighted by Gasteiger charge is -2.28. The summed E-state index contributed by atoms with van der Waals surface area (Å²) in [5.74, 6) is 2.17. The third-order valence-electron chi connectivity index (χ3n) is 4.19. The van der Waals surface area contributed by atoms with Gasteiger partial charge in [0.1, 0.15) is 5.75 Å². The molecule has 1 atom stereocenters. The van der Waals surface area contributed by atoms with Crippen molar-refractivity contribution in [3.8, 4) is 11.5 Å². The number of anilines is 1. The first kappa shape index (κ1) is 16.5.